The quantitative estimate of drug-likeness (QED) is 0.810. The summed E-state index contributed by atoms with van der Waals surface area (Å²) < 4.78 is 7.60. The fourth-order valence-electron chi connectivity index (χ4n) is 3.22. The maximum Gasteiger partial charge on any atom is 0.340 e. The zero-order chi connectivity index (χ0) is 15.9. The van der Waals surface area contributed by atoms with Crippen molar-refractivity contribution in [1.82, 2.24) is 9.47 Å². The van der Waals surface area contributed by atoms with Crippen molar-refractivity contribution in [3.05, 3.63) is 35.0 Å². The summed E-state index contributed by atoms with van der Waals surface area (Å²) in [5, 5.41) is 1.02. The van der Waals surface area contributed by atoms with Crippen LogP contribution in [0.1, 0.15) is 48.7 Å². The molecule has 0 bridgehead atoms. The molecule has 0 atom stereocenters. The monoisotopic (exact) mass is 300 g/mol. The predicted molar refractivity (Wildman–Crippen MR) is 88.0 cm³/mol. The van der Waals surface area contributed by atoms with Crippen molar-refractivity contribution in [3.8, 4) is 0 Å². The molecule has 0 spiro atoms. The molecule has 0 saturated heterocycles. The third-order valence-corrected chi connectivity index (χ3v) is 4.11. The fourth-order valence-corrected chi connectivity index (χ4v) is 3.22. The van der Waals surface area contributed by atoms with E-state index in [0.717, 1.165) is 37.0 Å². The van der Waals surface area contributed by atoms with E-state index in [1.54, 1.807) is 0 Å². The van der Waals surface area contributed by atoms with E-state index in [2.05, 4.69) is 35.6 Å². The second kappa shape index (κ2) is 5.76. The zero-order valence-corrected chi connectivity index (χ0v) is 13.8. The van der Waals surface area contributed by atoms with Crippen LogP contribution >= 0.6 is 0 Å². The first-order valence-corrected chi connectivity index (χ1v) is 8.03. The van der Waals surface area contributed by atoms with Gasteiger partial charge in [0.2, 0.25) is 0 Å². The molecule has 4 nitrogen and oxygen atoms in total. The Morgan fingerprint density at radius 3 is 2.59 bits per heavy atom. The number of esters is 1. The lowest BCUT2D eigenvalue weighted by atomic mass is 10.1. The molecular weight excluding hydrogens is 276 g/mol. The van der Waals surface area contributed by atoms with Gasteiger partial charge in [-0.15, -0.1) is 0 Å². The van der Waals surface area contributed by atoms with Gasteiger partial charge in [0.05, 0.1) is 11.7 Å². The summed E-state index contributed by atoms with van der Waals surface area (Å²) in [6.07, 6.45) is 2.90. The van der Waals surface area contributed by atoms with Crippen molar-refractivity contribution < 1.29 is 9.53 Å². The molecule has 1 aliphatic heterocycles. The van der Waals surface area contributed by atoms with Crippen LogP contribution in [0.3, 0.4) is 0 Å². The van der Waals surface area contributed by atoms with E-state index >= 15 is 0 Å². The molecule has 4 heteroatoms. The van der Waals surface area contributed by atoms with E-state index in [9.17, 15) is 4.79 Å². The SMILES string of the molecule is CCCn1cc(C(=O)OC(C)C)c2cc3c(cc21)CN(C)C3. The Morgan fingerprint density at radius 2 is 1.95 bits per heavy atom. The summed E-state index contributed by atoms with van der Waals surface area (Å²) in [5.74, 6) is -0.221. The van der Waals surface area contributed by atoms with Gasteiger partial charge in [-0.1, -0.05) is 6.92 Å². The largest absolute Gasteiger partial charge is 0.459 e. The Kier molecular flexibility index (Phi) is 3.96. The average molecular weight is 300 g/mol. The number of carbonyl (C=O) groups is 1. The second-order valence-corrected chi connectivity index (χ2v) is 6.50. The van der Waals surface area contributed by atoms with Gasteiger partial charge in [-0.3, -0.25) is 4.90 Å². The topological polar surface area (TPSA) is 34.5 Å². The Labute approximate surface area is 131 Å². The van der Waals surface area contributed by atoms with E-state index in [-0.39, 0.29) is 12.1 Å². The lowest BCUT2D eigenvalue weighted by Gasteiger charge is -2.07. The predicted octanol–water partition coefficient (Wildman–Crippen LogP) is 3.56. The maximum atomic E-state index is 12.4. The number of hydrogen-bond acceptors (Lipinski definition) is 3. The molecule has 3 rings (SSSR count). The van der Waals surface area contributed by atoms with Gasteiger partial charge >= 0.3 is 5.97 Å². The van der Waals surface area contributed by atoms with E-state index in [1.807, 2.05) is 20.0 Å². The van der Waals surface area contributed by atoms with Gasteiger partial charge in [-0.25, -0.2) is 4.79 Å². The average Bonchev–Trinajstić information content (AvgIpc) is 2.95. The van der Waals surface area contributed by atoms with Crippen LogP contribution in [-0.4, -0.2) is 28.6 Å². The second-order valence-electron chi connectivity index (χ2n) is 6.50. The minimum atomic E-state index is -0.221. The standard InChI is InChI=1S/C18H24N2O2/c1-5-6-20-11-16(18(21)22-12(2)3)15-7-13-9-19(4)10-14(13)8-17(15)20/h7-8,11-12H,5-6,9-10H2,1-4H3. The highest BCUT2D eigenvalue weighted by Crippen LogP contribution is 2.31. The molecule has 0 fully saturated rings. The molecule has 1 aromatic heterocycles. The van der Waals surface area contributed by atoms with Crippen LogP contribution in [0.5, 0.6) is 0 Å². The van der Waals surface area contributed by atoms with Crippen molar-refractivity contribution in [1.29, 1.82) is 0 Å². The smallest absolute Gasteiger partial charge is 0.340 e. The highest BCUT2D eigenvalue weighted by molar-refractivity contribution is 6.05. The van der Waals surface area contributed by atoms with Crippen LogP contribution in [0.15, 0.2) is 18.3 Å². The minimum Gasteiger partial charge on any atom is -0.459 e. The van der Waals surface area contributed by atoms with Crippen molar-refractivity contribution in [3.63, 3.8) is 0 Å². The Hall–Kier alpha value is -1.81. The van der Waals surface area contributed by atoms with Crippen LogP contribution in [0.25, 0.3) is 10.9 Å². The van der Waals surface area contributed by atoms with Crippen molar-refractivity contribution in [2.75, 3.05) is 7.05 Å². The summed E-state index contributed by atoms with van der Waals surface area (Å²) in [5.41, 5.74) is 4.53. The van der Waals surface area contributed by atoms with E-state index in [1.165, 1.54) is 11.1 Å². The molecule has 0 unspecified atom stereocenters. The first-order chi connectivity index (χ1) is 10.5. The molecule has 1 aliphatic rings. The third-order valence-electron chi connectivity index (χ3n) is 4.11. The Balaban J connectivity index is 2.12. The molecule has 0 amide bonds. The van der Waals surface area contributed by atoms with Gasteiger partial charge in [0.25, 0.3) is 0 Å². The molecule has 0 aliphatic carbocycles. The molecule has 0 saturated carbocycles. The van der Waals surface area contributed by atoms with E-state index < -0.39 is 0 Å². The van der Waals surface area contributed by atoms with Gasteiger partial charge in [-0.05, 0) is 50.6 Å². The summed E-state index contributed by atoms with van der Waals surface area (Å²) >= 11 is 0. The van der Waals surface area contributed by atoms with Crippen molar-refractivity contribution >= 4 is 16.9 Å². The zero-order valence-electron chi connectivity index (χ0n) is 13.8. The molecule has 1 aromatic carbocycles. The highest BCUT2D eigenvalue weighted by Gasteiger charge is 2.22. The number of carbonyl (C=O) groups excluding carboxylic acids is 1. The first-order valence-electron chi connectivity index (χ1n) is 8.03. The molecule has 0 radical (unpaired) electrons. The van der Waals surface area contributed by atoms with E-state index in [0.29, 0.717) is 5.56 Å². The molecule has 22 heavy (non-hydrogen) atoms. The lowest BCUT2D eigenvalue weighted by Crippen LogP contribution is -2.11. The number of hydrogen-bond donors (Lipinski definition) is 0. The number of aryl methyl sites for hydroxylation is 1. The molecular formula is C18H24N2O2. The van der Waals surface area contributed by atoms with Crippen LogP contribution in [0.2, 0.25) is 0 Å². The Bertz CT molecular complexity index is 715. The van der Waals surface area contributed by atoms with Crippen LogP contribution in [0.4, 0.5) is 0 Å². The van der Waals surface area contributed by atoms with Crippen LogP contribution in [0, 0.1) is 0 Å². The maximum absolute atomic E-state index is 12.4. The number of benzene rings is 1. The summed E-state index contributed by atoms with van der Waals surface area (Å²) in [6.45, 7) is 8.77. The van der Waals surface area contributed by atoms with Crippen molar-refractivity contribution in [2.24, 2.45) is 0 Å². The van der Waals surface area contributed by atoms with Gasteiger partial charge in [0.1, 0.15) is 0 Å². The minimum absolute atomic E-state index is 0.0994. The summed E-state index contributed by atoms with van der Waals surface area (Å²) in [7, 11) is 2.12. The molecule has 0 N–H and O–H groups in total. The number of rotatable bonds is 4. The van der Waals surface area contributed by atoms with Crippen LogP contribution < -0.4 is 0 Å². The number of ether oxygens (including phenoxy) is 1. The first kappa shape index (κ1) is 15.1. The highest BCUT2D eigenvalue weighted by atomic mass is 16.5. The summed E-state index contributed by atoms with van der Waals surface area (Å²) in [4.78, 5) is 14.7. The Morgan fingerprint density at radius 1 is 1.27 bits per heavy atom. The number of fused-ring (bicyclic) bond motifs is 2. The molecule has 2 aromatic rings. The third kappa shape index (κ3) is 2.63. The summed E-state index contributed by atoms with van der Waals surface area (Å²) in [6, 6.07) is 4.42. The fraction of sp³-hybridized carbons (Fsp3) is 0.500. The van der Waals surface area contributed by atoms with Gasteiger partial charge in [-0.2, -0.15) is 0 Å². The van der Waals surface area contributed by atoms with Gasteiger partial charge in [0.15, 0.2) is 0 Å². The lowest BCUT2D eigenvalue weighted by molar-refractivity contribution is 0.0380. The van der Waals surface area contributed by atoms with Crippen molar-refractivity contribution in [2.45, 2.75) is 52.9 Å². The molecule has 2 heterocycles. The van der Waals surface area contributed by atoms with E-state index in [4.69, 9.17) is 4.74 Å². The molecule has 118 valence electrons. The van der Waals surface area contributed by atoms with Crippen LogP contribution in [-0.2, 0) is 24.4 Å². The van der Waals surface area contributed by atoms with Gasteiger partial charge < -0.3 is 9.30 Å². The number of aromatic nitrogens is 1. The number of nitrogens with zero attached hydrogens (tertiary/aromatic N) is 2. The normalized spacial score (nSPS) is 14.8. The van der Waals surface area contributed by atoms with Gasteiger partial charge in [0, 0.05) is 36.7 Å².